The molecule has 9 heteroatoms. The maximum Gasteiger partial charge on any atom is 0.245 e. The zero-order valence-electron chi connectivity index (χ0n) is 16.7. The predicted octanol–water partition coefficient (Wildman–Crippen LogP) is -0.786. The van der Waals surface area contributed by atoms with E-state index in [0.717, 1.165) is 11.1 Å². The number of carbonyl (C=O) groups is 4. The first-order valence-corrected chi connectivity index (χ1v) is 9.57. The van der Waals surface area contributed by atoms with Crippen LogP contribution < -0.4 is 16.0 Å². The first-order valence-electron chi connectivity index (χ1n) is 9.57. The second-order valence-corrected chi connectivity index (χ2v) is 7.21. The molecule has 1 heterocycles. The highest BCUT2D eigenvalue weighted by molar-refractivity contribution is 5.92. The quantitative estimate of drug-likeness (QED) is 0.317. The van der Waals surface area contributed by atoms with E-state index < -0.39 is 30.0 Å². The molecule has 158 valence electrons. The van der Waals surface area contributed by atoms with Crippen LogP contribution in [0.3, 0.4) is 0 Å². The van der Waals surface area contributed by atoms with Gasteiger partial charge in [0.05, 0.1) is 6.10 Å². The van der Waals surface area contributed by atoms with Gasteiger partial charge in [-0.15, -0.1) is 0 Å². The molecular weight excluding hydrogens is 376 g/mol. The molecule has 0 saturated carbocycles. The van der Waals surface area contributed by atoms with E-state index in [0.29, 0.717) is 13.0 Å². The first-order chi connectivity index (χ1) is 13.8. The second-order valence-electron chi connectivity index (χ2n) is 7.21. The van der Waals surface area contributed by atoms with Gasteiger partial charge in [0.2, 0.25) is 24.1 Å². The maximum atomic E-state index is 13.0. The van der Waals surface area contributed by atoms with Gasteiger partial charge >= 0.3 is 0 Å². The average Bonchev–Trinajstić information content (AvgIpc) is 3.07. The summed E-state index contributed by atoms with van der Waals surface area (Å²) in [5, 5.41) is 17.9. The summed E-state index contributed by atoms with van der Waals surface area (Å²) < 4.78 is 0. The number of rotatable bonds is 9. The Labute approximate surface area is 169 Å². The molecule has 2 rings (SSSR count). The highest BCUT2D eigenvalue weighted by Crippen LogP contribution is 2.20. The lowest BCUT2D eigenvalue weighted by atomic mass is 10.1. The molecule has 0 aliphatic carbocycles. The highest BCUT2D eigenvalue weighted by atomic mass is 16.3. The number of benzene rings is 1. The molecule has 0 aromatic heterocycles. The number of carbonyl (C=O) groups excluding carboxylic acids is 4. The van der Waals surface area contributed by atoms with Crippen LogP contribution in [0.25, 0.3) is 0 Å². The van der Waals surface area contributed by atoms with Crippen LogP contribution in [0.5, 0.6) is 0 Å². The molecular formula is C20H28N4O5. The molecule has 0 radical (unpaired) electrons. The van der Waals surface area contributed by atoms with Gasteiger partial charge < -0.3 is 26.0 Å². The van der Waals surface area contributed by atoms with Crippen LogP contribution in [0, 0.1) is 6.92 Å². The molecule has 0 bridgehead atoms. The van der Waals surface area contributed by atoms with Crippen LogP contribution in [0.4, 0.5) is 0 Å². The Morgan fingerprint density at radius 2 is 1.97 bits per heavy atom. The molecule has 0 spiro atoms. The molecule has 1 saturated heterocycles. The van der Waals surface area contributed by atoms with E-state index in [1.165, 1.54) is 11.8 Å². The van der Waals surface area contributed by atoms with Crippen molar-refractivity contribution in [2.45, 2.75) is 51.4 Å². The summed E-state index contributed by atoms with van der Waals surface area (Å²) in [6.45, 7) is 3.78. The lowest BCUT2D eigenvalue weighted by Crippen LogP contribution is -2.53. The number of aryl methyl sites for hydroxylation is 1. The molecule has 9 nitrogen and oxygen atoms in total. The predicted molar refractivity (Wildman–Crippen MR) is 105 cm³/mol. The van der Waals surface area contributed by atoms with Gasteiger partial charge in [-0.3, -0.25) is 19.2 Å². The van der Waals surface area contributed by atoms with Gasteiger partial charge in [-0.25, -0.2) is 0 Å². The van der Waals surface area contributed by atoms with Gasteiger partial charge in [0, 0.05) is 33.0 Å². The van der Waals surface area contributed by atoms with Crippen molar-refractivity contribution < 1.29 is 24.3 Å². The van der Waals surface area contributed by atoms with Crippen LogP contribution in [-0.2, 0) is 25.7 Å². The minimum atomic E-state index is -0.891. The Morgan fingerprint density at radius 1 is 1.28 bits per heavy atom. The number of aliphatic hydroxyl groups is 1. The third-order valence-electron chi connectivity index (χ3n) is 4.79. The van der Waals surface area contributed by atoms with E-state index in [9.17, 15) is 24.3 Å². The summed E-state index contributed by atoms with van der Waals surface area (Å²) in [5.74, 6) is -1.21. The van der Waals surface area contributed by atoms with Crippen LogP contribution in [-0.4, -0.2) is 65.4 Å². The third-order valence-corrected chi connectivity index (χ3v) is 4.79. The van der Waals surface area contributed by atoms with Gasteiger partial charge in [0.25, 0.3) is 0 Å². The van der Waals surface area contributed by atoms with E-state index in [1.54, 1.807) is 0 Å². The van der Waals surface area contributed by atoms with Crippen molar-refractivity contribution in [1.82, 2.24) is 20.9 Å². The van der Waals surface area contributed by atoms with Gasteiger partial charge in [-0.05, 0) is 18.9 Å². The lowest BCUT2D eigenvalue weighted by Gasteiger charge is -2.28. The molecule has 1 fully saturated rings. The fourth-order valence-corrected chi connectivity index (χ4v) is 3.31. The van der Waals surface area contributed by atoms with Gasteiger partial charge in [-0.2, -0.15) is 0 Å². The van der Waals surface area contributed by atoms with Crippen molar-refractivity contribution >= 4 is 24.1 Å². The normalized spacial score (nSPS) is 19.3. The Morgan fingerprint density at radius 3 is 2.59 bits per heavy atom. The maximum absolute atomic E-state index is 13.0. The number of amides is 4. The molecule has 1 aliphatic rings. The molecule has 29 heavy (non-hydrogen) atoms. The van der Waals surface area contributed by atoms with Crippen molar-refractivity contribution in [1.29, 1.82) is 0 Å². The lowest BCUT2D eigenvalue weighted by molar-refractivity contribution is -0.141. The van der Waals surface area contributed by atoms with Crippen LogP contribution >= 0.6 is 0 Å². The van der Waals surface area contributed by atoms with E-state index in [1.807, 2.05) is 31.2 Å². The fraction of sp³-hybridized carbons (Fsp3) is 0.500. The van der Waals surface area contributed by atoms with Gasteiger partial charge in [-0.1, -0.05) is 29.8 Å². The summed E-state index contributed by atoms with van der Waals surface area (Å²) in [6, 6.07) is 6.00. The van der Waals surface area contributed by atoms with Crippen molar-refractivity contribution in [2.24, 2.45) is 0 Å². The van der Waals surface area contributed by atoms with E-state index in [4.69, 9.17) is 0 Å². The summed E-state index contributed by atoms with van der Waals surface area (Å²) in [6.07, 6.45) is 0.00266. The van der Waals surface area contributed by atoms with Crippen LogP contribution in [0.2, 0.25) is 0 Å². The number of hydrogen-bond donors (Lipinski definition) is 4. The smallest absolute Gasteiger partial charge is 0.245 e. The molecule has 1 aliphatic heterocycles. The summed E-state index contributed by atoms with van der Waals surface area (Å²) in [7, 11) is 0. The summed E-state index contributed by atoms with van der Waals surface area (Å²) >= 11 is 0. The van der Waals surface area contributed by atoms with E-state index in [-0.39, 0.29) is 31.8 Å². The Kier molecular flexibility index (Phi) is 8.14. The average molecular weight is 404 g/mol. The highest BCUT2D eigenvalue weighted by Gasteiger charge is 2.41. The van der Waals surface area contributed by atoms with E-state index in [2.05, 4.69) is 16.0 Å². The zero-order valence-corrected chi connectivity index (χ0v) is 16.7. The van der Waals surface area contributed by atoms with Crippen molar-refractivity contribution in [3.8, 4) is 0 Å². The molecule has 1 aromatic carbocycles. The van der Waals surface area contributed by atoms with E-state index >= 15 is 0 Å². The second kappa shape index (κ2) is 10.6. The summed E-state index contributed by atoms with van der Waals surface area (Å²) in [4.78, 5) is 48.9. The monoisotopic (exact) mass is 404 g/mol. The number of likely N-dealkylation sites (tertiary alicyclic amines) is 1. The first kappa shape index (κ1) is 22.4. The number of nitrogens with zero attached hydrogens (tertiary/aromatic N) is 1. The minimum absolute atomic E-state index is 0.0125. The molecule has 4 N–H and O–H groups in total. The van der Waals surface area contributed by atoms with Gasteiger partial charge in [0.1, 0.15) is 12.1 Å². The number of aliphatic hydroxyl groups excluding tert-OH is 1. The van der Waals surface area contributed by atoms with Crippen molar-refractivity contribution in [3.63, 3.8) is 0 Å². The van der Waals surface area contributed by atoms with Crippen LogP contribution in [0.1, 0.15) is 30.9 Å². The largest absolute Gasteiger partial charge is 0.391 e. The van der Waals surface area contributed by atoms with Gasteiger partial charge in [0.15, 0.2) is 0 Å². The fourth-order valence-electron chi connectivity index (χ4n) is 3.31. The number of nitrogens with one attached hydrogen (secondary N) is 3. The zero-order chi connectivity index (χ0) is 21.4. The molecule has 3 atom stereocenters. The van der Waals surface area contributed by atoms with Crippen LogP contribution in [0.15, 0.2) is 24.3 Å². The van der Waals surface area contributed by atoms with Crippen molar-refractivity contribution in [3.05, 3.63) is 35.4 Å². The third kappa shape index (κ3) is 6.56. The Bertz CT molecular complexity index is 737. The molecule has 4 amide bonds. The Balaban J connectivity index is 2.04. The number of hydrogen-bond acceptors (Lipinski definition) is 5. The standard InChI is InChI=1S/C20H28N4O5/c1-13-3-5-15(6-4-13)10-22-19(28)18-9-16(27)11-24(18)20(29)17(23-14(2)26)7-8-21-12-25/h3-6,12,16-18,27H,7-11H2,1-2H3,(H,21,25)(H,22,28)(H,23,26)/t16-,17+,18+/m1/s1. The number of β-amino-alcohol motifs (C(OH)–C–C–N with tert-alkyl or cyclic N) is 1. The topological polar surface area (TPSA) is 128 Å². The molecule has 0 unspecified atom stereocenters. The Hall–Kier alpha value is -2.94. The minimum Gasteiger partial charge on any atom is -0.391 e. The summed E-state index contributed by atoms with van der Waals surface area (Å²) in [5.41, 5.74) is 2.04. The molecule has 1 aromatic rings. The SMILES string of the molecule is CC(=O)N[C@@H](CCNC=O)C(=O)N1C[C@H](O)C[C@H]1C(=O)NCc1ccc(C)cc1. The van der Waals surface area contributed by atoms with Crippen molar-refractivity contribution in [2.75, 3.05) is 13.1 Å².